The van der Waals surface area contributed by atoms with Crippen LogP contribution < -0.4 is 20.2 Å². The summed E-state index contributed by atoms with van der Waals surface area (Å²) in [5.41, 5.74) is 4.62. The second-order valence-electron chi connectivity index (χ2n) is 6.29. The Kier molecular flexibility index (Phi) is 6.13. The zero-order valence-corrected chi connectivity index (χ0v) is 16.4. The van der Waals surface area contributed by atoms with Gasteiger partial charge < -0.3 is 19.8 Å². The number of ether oxygens (including phenoxy) is 2. The third kappa shape index (κ3) is 4.55. The first-order chi connectivity index (χ1) is 14.0. The van der Waals surface area contributed by atoms with Crippen molar-refractivity contribution >= 4 is 28.9 Å². The maximum absolute atomic E-state index is 12.4. The molecule has 0 aliphatic heterocycles. The Hall–Kier alpha value is -3.81. The van der Waals surface area contributed by atoms with Gasteiger partial charge in [-0.3, -0.25) is 9.59 Å². The van der Waals surface area contributed by atoms with Crippen LogP contribution in [0.4, 0.5) is 0 Å². The van der Waals surface area contributed by atoms with Crippen LogP contribution in [-0.4, -0.2) is 43.3 Å². The number of carbonyl (C=O) groups is 2. The lowest BCUT2D eigenvalue weighted by atomic mass is 10.1. The van der Waals surface area contributed by atoms with Gasteiger partial charge in [-0.2, -0.15) is 5.10 Å². The van der Waals surface area contributed by atoms with E-state index in [1.54, 1.807) is 31.3 Å². The lowest BCUT2D eigenvalue weighted by Gasteiger charge is -2.13. The molecule has 0 bridgehead atoms. The molecule has 0 saturated heterocycles. The standard InChI is InChI=1S/C21H22N4O4/c1-13(24-21(27)14-8-9-18(28-2)19(10-14)29-3)20(26)25-23-12-15-11-22-17-7-5-4-6-16(15)17/h4-13,22H,1-3H3,(H,24,27)(H,25,26)/b23-12+/t13-/m0/s1. The molecule has 8 heteroatoms. The van der Waals surface area contributed by atoms with Gasteiger partial charge in [-0.15, -0.1) is 0 Å². The van der Waals surface area contributed by atoms with Crippen LogP contribution >= 0.6 is 0 Å². The predicted octanol–water partition coefficient (Wildman–Crippen LogP) is 2.45. The van der Waals surface area contributed by atoms with Gasteiger partial charge in [0.1, 0.15) is 6.04 Å². The number of aromatic amines is 1. The molecule has 0 unspecified atom stereocenters. The highest BCUT2D eigenvalue weighted by Crippen LogP contribution is 2.27. The molecule has 2 amide bonds. The summed E-state index contributed by atoms with van der Waals surface area (Å²) in [6, 6.07) is 11.8. The number of benzene rings is 2. The molecular formula is C21H22N4O4. The number of fused-ring (bicyclic) bond motifs is 1. The van der Waals surface area contributed by atoms with Crippen LogP contribution in [0.2, 0.25) is 0 Å². The van der Waals surface area contributed by atoms with Gasteiger partial charge >= 0.3 is 0 Å². The van der Waals surface area contributed by atoms with E-state index in [1.807, 2.05) is 30.5 Å². The van der Waals surface area contributed by atoms with E-state index in [1.165, 1.54) is 14.2 Å². The summed E-state index contributed by atoms with van der Waals surface area (Å²) in [6.07, 6.45) is 3.36. The number of rotatable bonds is 7. The van der Waals surface area contributed by atoms with Gasteiger partial charge in [0.05, 0.1) is 20.4 Å². The summed E-state index contributed by atoms with van der Waals surface area (Å²) in [5.74, 6) is 0.103. The SMILES string of the molecule is COc1ccc(C(=O)N[C@@H](C)C(=O)N/N=C/c2c[nH]c3ccccc23)cc1OC. The van der Waals surface area contributed by atoms with Gasteiger partial charge in [0, 0.05) is 28.2 Å². The Bertz CT molecular complexity index is 1060. The second kappa shape index (κ2) is 8.92. The van der Waals surface area contributed by atoms with Gasteiger partial charge in [-0.05, 0) is 31.2 Å². The van der Waals surface area contributed by atoms with Gasteiger partial charge in [0.25, 0.3) is 11.8 Å². The van der Waals surface area contributed by atoms with E-state index >= 15 is 0 Å². The Morgan fingerprint density at radius 3 is 2.62 bits per heavy atom. The number of carbonyl (C=O) groups excluding carboxylic acids is 2. The number of nitrogens with one attached hydrogen (secondary N) is 3. The lowest BCUT2D eigenvalue weighted by Crippen LogP contribution is -2.43. The zero-order chi connectivity index (χ0) is 20.8. The minimum atomic E-state index is -0.782. The number of hydrogen-bond donors (Lipinski definition) is 3. The monoisotopic (exact) mass is 394 g/mol. The molecule has 0 spiro atoms. The van der Waals surface area contributed by atoms with E-state index in [0.29, 0.717) is 17.1 Å². The molecule has 0 aliphatic rings. The summed E-state index contributed by atoms with van der Waals surface area (Å²) >= 11 is 0. The van der Waals surface area contributed by atoms with Gasteiger partial charge in [-0.25, -0.2) is 5.43 Å². The van der Waals surface area contributed by atoms with Crippen LogP contribution in [-0.2, 0) is 4.79 Å². The van der Waals surface area contributed by atoms with Crippen molar-refractivity contribution in [3.05, 3.63) is 59.8 Å². The highest BCUT2D eigenvalue weighted by molar-refractivity contribution is 6.00. The number of nitrogens with zero attached hydrogens (tertiary/aromatic N) is 1. The minimum Gasteiger partial charge on any atom is -0.493 e. The molecular weight excluding hydrogens is 372 g/mol. The fourth-order valence-corrected chi connectivity index (χ4v) is 2.79. The summed E-state index contributed by atoms with van der Waals surface area (Å²) in [4.78, 5) is 27.8. The Balaban J connectivity index is 1.59. The summed E-state index contributed by atoms with van der Waals surface area (Å²) in [7, 11) is 3.00. The quantitative estimate of drug-likeness (QED) is 0.423. The zero-order valence-electron chi connectivity index (χ0n) is 16.4. The van der Waals surface area contributed by atoms with Crippen molar-refractivity contribution in [3.8, 4) is 11.5 Å². The Morgan fingerprint density at radius 1 is 1.10 bits per heavy atom. The van der Waals surface area contributed by atoms with Crippen LogP contribution in [0.15, 0.2) is 53.8 Å². The summed E-state index contributed by atoms with van der Waals surface area (Å²) in [6.45, 7) is 1.58. The largest absolute Gasteiger partial charge is 0.493 e. The number of H-pyrrole nitrogens is 1. The fourth-order valence-electron chi connectivity index (χ4n) is 2.79. The smallest absolute Gasteiger partial charge is 0.262 e. The van der Waals surface area contributed by atoms with Crippen LogP contribution in [0.5, 0.6) is 11.5 Å². The Morgan fingerprint density at radius 2 is 1.86 bits per heavy atom. The van der Waals surface area contributed by atoms with E-state index in [0.717, 1.165) is 16.5 Å². The van der Waals surface area contributed by atoms with Crippen molar-refractivity contribution in [3.63, 3.8) is 0 Å². The van der Waals surface area contributed by atoms with Gasteiger partial charge in [0.2, 0.25) is 0 Å². The normalized spacial score (nSPS) is 12.0. The van der Waals surface area contributed by atoms with Crippen LogP contribution in [0.25, 0.3) is 10.9 Å². The van der Waals surface area contributed by atoms with E-state index in [4.69, 9.17) is 9.47 Å². The molecule has 150 valence electrons. The molecule has 2 aromatic carbocycles. The topological polar surface area (TPSA) is 105 Å². The van der Waals surface area contributed by atoms with Gasteiger partial charge in [-0.1, -0.05) is 18.2 Å². The maximum atomic E-state index is 12.4. The van der Waals surface area contributed by atoms with Crippen molar-refractivity contribution in [2.24, 2.45) is 5.10 Å². The third-order valence-corrected chi connectivity index (χ3v) is 4.39. The molecule has 1 atom stereocenters. The molecule has 0 fully saturated rings. The Labute approximate surface area is 167 Å². The molecule has 0 radical (unpaired) electrons. The number of methoxy groups -OCH3 is 2. The molecule has 3 aromatic rings. The van der Waals surface area contributed by atoms with Gasteiger partial charge in [0.15, 0.2) is 11.5 Å². The van der Waals surface area contributed by atoms with Crippen molar-refractivity contribution in [2.45, 2.75) is 13.0 Å². The van der Waals surface area contributed by atoms with E-state index in [9.17, 15) is 9.59 Å². The average Bonchev–Trinajstić information content (AvgIpc) is 3.16. The fraction of sp³-hybridized carbons (Fsp3) is 0.190. The van der Waals surface area contributed by atoms with Crippen molar-refractivity contribution in [1.82, 2.24) is 15.7 Å². The van der Waals surface area contributed by atoms with Crippen molar-refractivity contribution in [1.29, 1.82) is 0 Å². The molecule has 1 heterocycles. The second-order valence-corrected chi connectivity index (χ2v) is 6.29. The van der Waals surface area contributed by atoms with Crippen LogP contribution in [0, 0.1) is 0 Å². The highest BCUT2D eigenvalue weighted by atomic mass is 16.5. The minimum absolute atomic E-state index is 0.351. The molecule has 0 aliphatic carbocycles. The van der Waals surface area contributed by atoms with E-state index in [2.05, 4.69) is 20.8 Å². The molecule has 3 rings (SSSR count). The number of para-hydroxylation sites is 1. The molecule has 3 N–H and O–H groups in total. The first-order valence-corrected chi connectivity index (χ1v) is 8.95. The van der Waals surface area contributed by atoms with Crippen LogP contribution in [0.3, 0.4) is 0 Å². The summed E-state index contributed by atoms with van der Waals surface area (Å²) < 4.78 is 10.3. The molecule has 1 aromatic heterocycles. The first kappa shape index (κ1) is 19.9. The van der Waals surface area contributed by atoms with Crippen molar-refractivity contribution in [2.75, 3.05) is 14.2 Å². The lowest BCUT2D eigenvalue weighted by molar-refractivity contribution is -0.122. The number of hydrazone groups is 1. The van der Waals surface area contributed by atoms with E-state index < -0.39 is 17.9 Å². The highest BCUT2D eigenvalue weighted by Gasteiger charge is 2.17. The first-order valence-electron chi connectivity index (χ1n) is 8.95. The summed E-state index contributed by atoms with van der Waals surface area (Å²) in [5, 5.41) is 7.61. The molecule has 29 heavy (non-hydrogen) atoms. The number of hydrogen-bond acceptors (Lipinski definition) is 5. The third-order valence-electron chi connectivity index (χ3n) is 4.39. The number of aromatic nitrogens is 1. The maximum Gasteiger partial charge on any atom is 0.262 e. The van der Waals surface area contributed by atoms with E-state index in [-0.39, 0.29) is 0 Å². The molecule has 8 nitrogen and oxygen atoms in total. The van der Waals surface area contributed by atoms with Crippen LogP contribution in [0.1, 0.15) is 22.8 Å². The number of amides is 2. The van der Waals surface area contributed by atoms with Crippen molar-refractivity contribution < 1.29 is 19.1 Å². The predicted molar refractivity (Wildman–Crippen MR) is 111 cm³/mol. The molecule has 0 saturated carbocycles. The average molecular weight is 394 g/mol.